The molecule has 1 heterocycles. The van der Waals surface area contributed by atoms with Gasteiger partial charge in [-0.25, -0.2) is 4.98 Å². The summed E-state index contributed by atoms with van der Waals surface area (Å²) in [6.07, 6.45) is 4.43. The summed E-state index contributed by atoms with van der Waals surface area (Å²) in [5.74, 6) is 3.11. The summed E-state index contributed by atoms with van der Waals surface area (Å²) in [5, 5.41) is 3.37. The van der Waals surface area contributed by atoms with E-state index >= 15 is 0 Å². The van der Waals surface area contributed by atoms with Gasteiger partial charge in [0.2, 0.25) is 0 Å². The SMILES string of the molecule is COc1cc(OC)c(OC)cc1CNCCc1ncc[nH]1. The molecule has 0 unspecified atom stereocenters. The van der Waals surface area contributed by atoms with Crippen molar-refractivity contribution in [1.82, 2.24) is 15.3 Å². The highest BCUT2D eigenvalue weighted by Gasteiger charge is 2.11. The highest BCUT2D eigenvalue weighted by Crippen LogP contribution is 2.34. The van der Waals surface area contributed by atoms with E-state index in [2.05, 4.69) is 15.3 Å². The van der Waals surface area contributed by atoms with Gasteiger partial charge >= 0.3 is 0 Å². The summed E-state index contributed by atoms with van der Waals surface area (Å²) in [6, 6.07) is 3.76. The van der Waals surface area contributed by atoms with Crippen LogP contribution < -0.4 is 19.5 Å². The van der Waals surface area contributed by atoms with Crippen LogP contribution in [0, 0.1) is 0 Å². The number of benzene rings is 1. The molecule has 2 aromatic rings. The molecule has 0 atom stereocenters. The predicted molar refractivity (Wildman–Crippen MR) is 80.1 cm³/mol. The van der Waals surface area contributed by atoms with E-state index in [1.807, 2.05) is 18.3 Å². The zero-order valence-corrected chi connectivity index (χ0v) is 12.6. The second kappa shape index (κ2) is 7.54. The summed E-state index contributed by atoms with van der Waals surface area (Å²) < 4.78 is 16.0. The molecule has 2 N–H and O–H groups in total. The van der Waals surface area contributed by atoms with Crippen molar-refractivity contribution in [2.24, 2.45) is 0 Å². The van der Waals surface area contributed by atoms with Crippen molar-refractivity contribution in [3.05, 3.63) is 35.9 Å². The van der Waals surface area contributed by atoms with Gasteiger partial charge in [-0.2, -0.15) is 0 Å². The molecule has 0 saturated heterocycles. The first kappa shape index (κ1) is 15.2. The van der Waals surface area contributed by atoms with E-state index in [0.29, 0.717) is 18.0 Å². The summed E-state index contributed by atoms with van der Waals surface area (Å²) in [7, 11) is 4.88. The number of methoxy groups -OCH3 is 3. The Hall–Kier alpha value is -2.21. The molecule has 6 heteroatoms. The van der Waals surface area contributed by atoms with Crippen LogP contribution in [0.5, 0.6) is 17.2 Å². The van der Waals surface area contributed by atoms with E-state index in [1.165, 1.54) is 0 Å². The third-order valence-electron chi connectivity index (χ3n) is 3.20. The first-order valence-electron chi connectivity index (χ1n) is 6.76. The van der Waals surface area contributed by atoms with E-state index < -0.39 is 0 Å². The van der Waals surface area contributed by atoms with Gasteiger partial charge in [-0.15, -0.1) is 0 Å². The number of ether oxygens (including phenoxy) is 3. The first-order valence-corrected chi connectivity index (χ1v) is 6.76. The Kier molecular flexibility index (Phi) is 5.45. The van der Waals surface area contributed by atoms with Crippen LogP contribution in [0.15, 0.2) is 24.5 Å². The number of aromatic nitrogens is 2. The number of hydrogen-bond donors (Lipinski definition) is 2. The molecule has 0 aliphatic carbocycles. The van der Waals surface area contributed by atoms with E-state index in [9.17, 15) is 0 Å². The Balaban J connectivity index is 1.97. The zero-order valence-electron chi connectivity index (χ0n) is 12.6. The molecule has 0 spiro atoms. The molecule has 21 heavy (non-hydrogen) atoms. The number of rotatable bonds is 8. The standard InChI is InChI=1S/C15H21N3O3/c1-19-12-9-14(21-3)13(20-2)8-11(12)10-16-5-4-15-17-6-7-18-15/h6-9,16H,4-5,10H2,1-3H3,(H,17,18). The third kappa shape index (κ3) is 3.88. The van der Waals surface area contributed by atoms with Crippen molar-refractivity contribution >= 4 is 0 Å². The quantitative estimate of drug-likeness (QED) is 0.725. The number of H-pyrrole nitrogens is 1. The van der Waals surface area contributed by atoms with Crippen molar-refractivity contribution in [1.29, 1.82) is 0 Å². The van der Waals surface area contributed by atoms with E-state index in [0.717, 1.165) is 30.1 Å². The lowest BCUT2D eigenvalue weighted by atomic mass is 10.1. The summed E-state index contributed by atoms with van der Waals surface area (Å²) >= 11 is 0. The molecular formula is C15H21N3O3. The zero-order chi connectivity index (χ0) is 15.1. The Morgan fingerprint density at radius 2 is 1.76 bits per heavy atom. The minimum Gasteiger partial charge on any atom is -0.496 e. The van der Waals surface area contributed by atoms with Crippen LogP contribution in [0.25, 0.3) is 0 Å². The van der Waals surface area contributed by atoms with Gasteiger partial charge in [-0.3, -0.25) is 0 Å². The van der Waals surface area contributed by atoms with Crippen LogP contribution in [-0.2, 0) is 13.0 Å². The largest absolute Gasteiger partial charge is 0.496 e. The van der Waals surface area contributed by atoms with Crippen LogP contribution in [0.1, 0.15) is 11.4 Å². The van der Waals surface area contributed by atoms with Gasteiger partial charge in [0.05, 0.1) is 21.3 Å². The Morgan fingerprint density at radius 1 is 1.05 bits per heavy atom. The molecule has 114 valence electrons. The second-order valence-electron chi connectivity index (χ2n) is 4.48. The molecule has 6 nitrogen and oxygen atoms in total. The van der Waals surface area contributed by atoms with Crippen molar-refractivity contribution in [3.8, 4) is 17.2 Å². The second-order valence-corrected chi connectivity index (χ2v) is 4.48. The molecule has 0 radical (unpaired) electrons. The fraction of sp³-hybridized carbons (Fsp3) is 0.400. The lowest BCUT2D eigenvalue weighted by Crippen LogP contribution is -2.17. The maximum Gasteiger partial charge on any atom is 0.164 e. The van der Waals surface area contributed by atoms with Crippen molar-refractivity contribution in [2.75, 3.05) is 27.9 Å². The predicted octanol–water partition coefficient (Wildman–Crippen LogP) is 1.77. The maximum atomic E-state index is 5.40. The third-order valence-corrected chi connectivity index (χ3v) is 3.20. The van der Waals surface area contributed by atoms with Gasteiger partial charge < -0.3 is 24.5 Å². The lowest BCUT2D eigenvalue weighted by molar-refractivity contribution is 0.347. The average molecular weight is 291 g/mol. The Morgan fingerprint density at radius 3 is 2.38 bits per heavy atom. The van der Waals surface area contributed by atoms with Gasteiger partial charge in [0.25, 0.3) is 0 Å². The molecule has 0 fully saturated rings. The van der Waals surface area contributed by atoms with E-state index in [1.54, 1.807) is 27.5 Å². The number of nitrogens with zero attached hydrogens (tertiary/aromatic N) is 1. The highest BCUT2D eigenvalue weighted by atomic mass is 16.5. The molecule has 1 aromatic heterocycles. The number of nitrogens with one attached hydrogen (secondary N) is 2. The molecular weight excluding hydrogens is 270 g/mol. The monoisotopic (exact) mass is 291 g/mol. The number of hydrogen-bond acceptors (Lipinski definition) is 5. The fourth-order valence-electron chi connectivity index (χ4n) is 2.10. The van der Waals surface area contributed by atoms with Crippen LogP contribution in [0.2, 0.25) is 0 Å². The molecule has 0 aliphatic rings. The number of imidazole rings is 1. The molecule has 0 aliphatic heterocycles. The lowest BCUT2D eigenvalue weighted by Gasteiger charge is -2.14. The Bertz CT molecular complexity index is 556. The van der Waals surface area contributed by atoms with Crippen LogP contribution in [-0.4, -0.2) is 37.8 Å². The minimum absolute atomic E-state index is 0.661. The van der Waals surface area contributed by atoms with Gasteiger partial charge in [0, 0.05) is 43.5 Å². The van der Waals surface area contributed by atoms with Gasteiger partial charge in [-0.1, -0.05) is 0 Å². The van der Waals surface area contributed by atoms with E-state index in [-0.39, 0.29) is 0 Å². The average Bonchev–Trinajstić information content (AvgIpc) is 3.04. The minimum atomic E-state index is 0.661. The van der Waals surface area contributed by atoms with Gasteiger partial charge in [0.1, 0.15) is 11.6 Å². The van der Waals surface area contributed by atoms with Crippen molar-refractivity contribution in [3.63, 3.8) is 0 Å². The smallest absolute Gasteiger partial charge is 0.164 e. The Labute approximate surface area is 124 Å². The maximum absolute atomic E-state index is 5.40. The first-order chi connectivity index (χ1) is 10.3. The highest BCUT2D eigenvalue weighted by molar-refractivity contribution is 5.50. The van der Waals surface area contributed by atoms with Gasteiger partial charge in [0.15, 0.2) is 11.5 Å². The van der Waals surface area contributed by atoms with Crippen LogP contribution in [0.3, 0.4) is 0 Å². The molecule has 0 bridgehead atoms. The molecule has 0 saturated carbocycles. The molecule has 1 aromatic carbocycles. The summed E-state index contributed by atoms with van der Waals surface area (Å²) in [5.41, 5.74) is 1.02. The van der Waals surface area contributed by atoms with Crippen LogP contribution >= 0.6 is 0 Å². The fourth-order valence-corrected chi connectivity index (χ4v) is 2.10. The summed E-state index contributed by atoms with van der Waals surface area (Å²) in [4.78, 5) is 7.27. The molecule has 2 rings (SSSR count). The van der Waals surface area contributed by atoms with E-state index in [4.69, 9.17) is 14.2 Å². The normalized spacial score (nSPS) is 10.4. The summed E-state index contributed by atoms with van der Waals surface area (Å²) in [6.45, 7) is 1.51. The van der Waals surface area contributed by atoms with Crippen molar-refractivity contribution < 1.29 is 14.2 Å². The molecule has 0 amide bonds. The number of aromatic amines is 1. The topological polar surface area (TPSA) is 68.4 Å². The van der Waals surface area contributed by atoms with Gasteiger partial charge in [-0.05, 0) is 6.07 Å². The van der Waals surface area contributed by atoms with Crippen LogP contribution in [0.4, 0.5) is 0 Å². The van der Waals surface area contributed by atoms with Crippen molar-refractivity contribution in [2.45, 2.75) is 13.0 Å².